The van der Waals surface area contributed by atoms with Crippen molar-refractivity contribution in [2.75, 3.05) is 31.9 Å². The van der Waals surface area contributed by atoms with Gasteiger partial charge in [-0.05, 0) is 19.1 Å². The van der Waals surface area contributed by atoms with E-state index in [4.69, 9.17) is 14.2 Å². The predicted molar refractivity (Wildman–Crippen MR) is 94.8 cm³/mol. The molecule has 0 atom stereocenters. The van der Waals surface area contributed by atoms with Crippen LogP contribution in [-0.4, -0.2) is 48.7 Å². The molecule has 0 aliphatic carbocycles. The summed E-state index contributed by atoms with van der Waals surface area (Å²) < 4.78 is 15.8. The molecule has 1 N–H and O–H groups in total. The van der Waals surface area contributed by atoms with Crippen LogP contribution in [0.4, 0.5) is 5.13 Å². The van der Waals surface area contributed by atoms with Gasteiger partial charge in [0.1, 0.15) is 0 Å². The highest BCUT2D eigenvalue weighted by atomic mass is 32.2. The highest BCUT2D eigenvalue weighted by Crippen LogP contribution is 2.32. The Morgan fingerprint density at radius 2 is 2.04 bits per heavy atom. The zero-order valence-electron chi connectivity index (χ0n) is 13.9. The van der Waals surface area contributed by atoms with E-state index in [2.05, 4.69) is 15.5 Å². The maximum absolute atomic E-state index is 12.4. The van der Waals surface area contributed by atoms with Gasteiger partial charge < -0.3 is 14.2 Å². The first kappa shape index (κ1) is 19.0. The van der Waals surface area contributed by atoms with Gasteiger partial charge in [0, 0.05) is 0 Å². The average molecular weight is 383 g/mol. The average Bonchev–Trinajstić information content (AvgIpc) is 3.06. The summed E-state index contributed by atoms with van der Waals surface area (Å²) in [5.41, 5.74) is 0.317. The van der Waals surface area contributed by atoms with Crippen LogP contribution in [0.3, 0.4) is 0 Å². The van der Waals surface area contributed by atoms with E-state index in [9.17, 15) is 9.59 Å². The number of rotatable bonds is 8. The maximum Gasteiger partial charge on any atom is 0.316 e. The van der Waals surface area contributed by atoms with E-state index in [0.29, 0.717) is 33.1 Å². The van der Waals surface area contributed by atoms with Crippen molar-refractivity contribution in [3.63, 3.8) is 0 Å². The number of carbonyl (C=O) groups is 2. The highest BCUT2D eigenvalue weighted by Gasteiger charge is 2.18. The van der Waals surface area contributed by atoms with Crippen molar-refractivity contribution in [3.05, 3.63) is 23.8 Å². The molecule has 0 aliphatic heterocycles. The molecule has 0 saturated heterocycles. The number of aromatic nitrogens is 2. The third-order valence-corrected chi connectivity index (χ3v) is 4.84. The lowest BCUT2D eigenvalue weighted by molar-refractivity contribution is -0.139. The predicted octanol–water partition coefficient (Wildman–Crippen LogP) is 2.46. The Morgan fingerprint density at radius 1 is 1.24 bits per heavy atom. The summed E-state index contributed by atoms with van der Waals surface area (Å²) in [5.74, 6) is 0.213. The molecule has 8 nitrogen and oxygen atoms in total. The van der Waals surface area contributed by atoms with Gasteiger partial charge in [0.15, 0.2) is 15.8 Å². The van der Waals surface area contributed by atoms with Crippen LogP contribution in [0.15, 0.2) is 22.5 Å². The van der Waals surface area contributed by atoms with E-state index >= 15 is 0 Å². The van der Waals surface area contributed by atoms with Crippen LogP contribution in [0.2, 0.25) is 0 Å². The molecule has 0 bridgehead atoms. The zero-order valence-corrected chi connectivity index (χ0v) is 15.5. The first-order valence-electron chi connectivity index (χ1n) is 7.23. The fourth-order valence-corrected chi connectivity index (χ4v) is 3.42. The van der Waals surface area contributed by atoms with Crippen molar-refractivity contribution >= 4 is 40.1 Å². The van der Waals surface area contributed by atoms with Crippen LogP contribution in [0.25, 0.3) is 0 Å². The number of methoxy groups -OCH3 is 2. The molecule has 0 saturated carbocycles. The molecule has 1 amide bonds. The fraction of sp³-hybridized carbons (Fsp3) is 0.333. The second kappa shape index (κ2) is 9.23. The number of hydrogen-bond donors (Lipinski definition) is 1. The lowest BCUT2D eigenvalue weighted by atomic mass is 10.1. The number of anilines is 1. The Bertz CT molecular complexity index is 751. The normalized spacial score (nSPS) is 10.2. The number of benzene rings is 1. The summed E-state index contributed by atoms with van der Waals surface area (Å²) in [6.07, 6.45) is 0. The van der Waals surface area contributed by atoms with Gasteiger partial charge in [-0.3, -0.25) is 14.9 Å². The standard InChI is InChI=1S/C15H17N3O5S2/c1-4-23-11(19)8-24-15-18-17-14(25-15)16-13(20)9-6-5-7-10(21-2)12(9)22-3/h5-7H,4,8H2,1-3H3,(H,16,17,20). The van der Waals surface area contributed by atoms with Gasteiger partial charge in [0.05, 0.1) is 32.1 Å². The molecule has 0 radical (unpaired) electrons. The summed E-state index contributed by atoms with van der Waals surface area (Å²) in [5, 5.41) is 10.8. The summed E-state index contributed by atoms with van der Waals surface area (Å²) >= 11 is 2.37. The van der Waals surface area contributed by atoms with E-state index in [1.807, 2.05) is 0 Å². The van der Waals surface area contributed by atoms with Gasteiger partial charge in [-0.15, -0.1) is 10.2 Å². The first-order valence-corrected chi connectivity index (χ1v) is 9.03. The van der Waals surface area contributed by atoms with Gasteiger partial charge in [0.2, 0.25) is 5.13 Å². The number of carbonyl (C=O) groups excluding carboxylic acids is 2. The van der Waals surface area contributed by atoms with E-state index in [1.54, 1.807) is 25.1 Å². The maximum atomic E-state index is 12.4. The van der Waals surface area contributed by atoms with Crippen molar-refractivity contribution in [2.24, 2.45) is 0 Å². The number of amides is 1. The second-order valence-electron chi connectivity index (χ2n) is 4.46. The van der Waals surface area contributed by atoms with E-state index < -0.39 is 5.91 Å². The van der Waals surface area contributed by atoms with Crippen LogP contribution in [0, 0.1) is 0 Å². The van der Waals surface area contributed by atoms with Gasteiger partial charge in [-0.2, -0.15) is 0 Å². The smallest absolute Gasteiger partial charge is 0.316 e. The lowest BCUT2D eigenvalue weighted by Gasteiger charge is -2.11. The Morgan fingerprint density at radius 3 is 2.72 bits per heavy atom. The van der Waals surface area contributed by atoms with Gasteiger partial charge in [-0.1, -0.05) is 29.2 Å². The van der Waals surface area contributed by atoms with E-state index in [-0.39, 0.29) is 11.7 Å². The monoisotopic (exact) mass is 383 g/mol. The molecule has 1 aromatic carbocycles. The third-order valence-electron chi connectivity index (χ3n) is 2.89. The molecular formula is C15H17N3O5S2. The van der Waals surface area contributed by atoms with E-state index in [1.165, 1.54) is 37.3 Å². The topological polar surface area (TPSA) is 99.6 Å². The molecule has 25 heavy (non-hydrogen) atoms. The summed E-state index contributed by atoms with van der Waals surface area (Å²) in [6.45, 7) is 2.08. The van der Waals surface area contributed by atoms with Crippen LogP contribution in [-0.2, 0) is 9.53 Å². The van der Waals surface area contributed by atoms with Crippen LogP contribution in [0.1, 0.15) is 17.3 Å². The van der Waals surface area contributed by atoms with Crippen molar-refractivity contribution in [2.45, 2.75) is 11.3 Å². The van der Waals surface area contributed by atoms with Crippen LogP contribution < -0.4 is 14.8 Å². The zero-order chi connectivity index (χ0) is 18.2. The molecule has 2 aromatic rings. The van der Waals surface area contributed by atoms with Crippen LogP contribution in [0.5, 0.6) is 11.5 Å². The Kier molecular flexibility index (Phi) is 7.02. The quantitative estimate of drug-likeness (QED) is 0.422. The molecule has 0 fully saturated rings. The number of thioether (sulfide) groups is 1. The molecule has 0 spiro atoms. The summed E-state index contributed by atoms with van der Waals surface area (Å²) in [4.78, 5) is 23.8. The minimum Gasteiger partial charge on any atom is -0.493 e. The molecule has 0 unspecified atom stereocenters. The Hall–Kier alpha value is -2.33. The first-order chi connectivity index (χ1) is 12.1. The fourth-order valence-electron chi connectivity index (χ4n) is 1.87. The third kappa shape index (κ3) is 5.07. The number of nitrogens with zero attached hydrogens (tertiary/aromatic N) is 2. The van der Waals surface area contributed by atoms with Crippen molar-refractivity contribution in [3.8, 4) is 11.5 Å². The molecular weight excluding hydrogens is 366 g/mol. The Balaban J connectivity index is 2.03. The highest BCUT2D eigenvalue weighted by molar-refractivity contribution is 8.01. The number of nitrogens with one attached hydrogen (secondary N) is 1. The number of hydrogen-bond acceptors (Lipinski definition) is 9. The molecule has 10 heteroatoms. The van der Waals surface area contributed by atoms with E-state index in [0.717, 1.165) is 0 Å². The molecule has 2 rings (SSSR count). The number of ether oxygens (including phenoxy) is 3. The lowest BCUT2D eigenvalue weighted by Crippen LogP contribution is -2.13. The number of para-hydroxylation sites is 1. The summed E-state index contributed by atoms with van der Waals surface area (Å²) in [7, 11) is 2.96. The van der Waals surface area contributed by atoms with Gasteiger partial charge in [0.25, 0.3) is 5.91 Å². The minimum absolute atomic E-state index is 0.139. The van der Waals surface area contributed by atoms with Gasteiger partial charge >= 0.3 is 5.97 Å². The van der Waals surface area contributed by atoms with Crippen LogP contribution >= 0.6 is 23.1 Å². The molecule has 134 valence electrons. The molecule has 1 aromatic heterocycles. The minimum atomic E-state index is -0.395. The van der Waals surface area contributed by atoms with Crippen molar-refractivity contribution in [1.82, 2.24) is 10.2 Å². The largest absolute Gasteiger partial charge is 0.493 e. The second-order valence-corrected chi connectivity index (χ2v) is 6.66. The van der Waals surface area contributed by atoms with Crippen molar-refractivity contribution < 1.29 is 23.8 Å². The number of esters is 1. The van der Waals surface area contributed by atoms with Gasteiger partial charge in [-0.25, -0.2) is 0 Å². The van der Waals surface area contributed by atoms with Crippen molar-refractivity contribution in [1.29, 1.82) is 0 Å². The summed E-state index contributed by atoms with van der Waals surface area (Å²) in [6, 6.07) is 5.01. The molecule has 1 heterocycles. The Labute approximate surface area is 152 Å². The molecule has 0 aliphatic rings. The SMILES string of the molecule is CCOC(=O)CSc1nnc(NC(=O)c2cccc(OC)c2OC)s1.